The van der Waals surface area contributed by atoms with Crippen molar-refractivity contribution in [2.75, 3.05) is 29.9 Å². The molecule has 0 bridgehead atoms. The van der Waals surface area contributed by atoms with Crippen LogP contribution >= 0.6 is 15.9 Å². The zero-order valence-electron chi connectivity index (χ0n) is 12.1. The summed E-state index contributed by atoms with van der Waals surface area (Å²) in [6.07, 6.45) is 0. The SMILES string of the molecule is CC(=O)c1ccc(Br)cc1N1CCN(C)c2ccccc21. The third kappa shape index (κ3) is 2.56. The van der Waals surface area contributed by atoms with Gasteiger partial charge in [0.05, 0.1) is 17.1 Å². The van der Waals surface area contributed by atoms with Crippen LogP contribution < -0.4 is 9.80 Å². The molecule has 1 aliphatic rings. The summed E-state index contributed by atoms with van der Waals surface area (Å²) in [5, 5.41) is 0. The molecule has 1 heterocycles. The number of anilines is 3. The monoisotopic (exact) mass is 344 g/mol. The number of hydrogen-bond donors (Lipinski definition) is 0. The van der Waals surface area contributed by atoms with Gasteiger partial charge in [0.15, 0.2) is 5.78 Å². The van der Waals surface area contributed by atoms with E-state index in [9.17, 15) is 4.79 Å². The second-order valence-corrected chi connectivity index (χ2v) is 6.20. The van der Waals surface area contributed by atoms with E-state index in [1.54, 1.807) is 6.92 Å². The zero-order valence-corrected chi connectivity index (χ0v) is 13.7. The Balaban J connectivity index is 2.16. The average molecular weight is 345 g/mol. The molecule has 0 aliphatic carbocycles. The molecule has 2 aromatic rings. The number of carbonyl (C=O) groups is 1. The molecule has 21 heavy (non-hydrogen) atoms. The van der Waals surface area contributed by atoms with Crippen LogP contribution in [0.4, 0.5) is 17.1 Å². The lowest BCUT2D eigenvalue weighted by Crippen LogP contribution is -2.37. The summed E-state index contributed by atoms with van der Waals surface area (Å²) in [4.78, 5) is 16.4. The number of halogens is 1. The molecule has 1 aliphatic heterocycles. The minimum atomic E-state index is 0.0916. The van der Waals surface area contributed by atoms with Gasteiger partial charge in [0.25, 0.3) is 0 Å². The molecule has 2 aromatic carbocycles. The van der Waals surface area contributed by atoms with Gasteiger partial charge in [-0.2, -0.15) is 0 Å². The summed E-state index contributed by atoms with van der Waals surface area (Å²) in [5.74, 6) is 0.0916. The van der Waals surface area contributed by atoms with Gasteiger partial charge >= 0.3 is 0 Å². The Morgan fingerprint density at radius 1 is 1.05 bits per heavy atom. The van der Waals surface area contributed by atoms with Crippen molar-refractivity contribution in [1.82, 2.24) is 0 Å². The third-order valence-electron chi connectivity index (χ3n) is 3.87. The molecule has 0 amide bonds. The van der Waals surface area contributed by atoms with E-state index in [1.165, 1.54) is 5.69 Å². The molecule has 3 rings (SSSR count). The molecule has 0 fully saturated rings. The molecule has 108 valence electrons. The van der Waals surface area contributed by atoms with Crippen LogP contribution in [0.5, 0.6) is 0 Å². The quantitative estimate of drug-likeness (QED) is 0.761. The fourth-order valence-corrected chi connectivity index (χ4v) is 3.13. The van der Waals surface area contributed by atoms with Crippen molar-refractivity contribution in [2.24, 2.45) is 0 Å². The van der Waals surface area contributed by atoms with Gasteiger partial charge in [0.1, 0.15) is 0 Å². The highest BCUT2D eigenvalue weighted by atomic mass is 79.9. The van der Waals surface area contributed by atoms with E-state index >= 15 is 0 Å². The Labute approximate surface area is 133 Å². The van der Waals surface area contributed by atoms with Gasteiger partial charge in [-0.25, -0.2) is 0 Å². The van der Waals surface area contributed by atoms with Gasteiger partial charge in [-0.05, 0) is 37.3 Å². The molecular weight excluding hydrogens is 328 g/mol. The van der Waals surface area contributed by atoms with Gasteiger partial charge in [-0.1, -0.05) is 28.1 Å². The molecule has 0 saturated carbocycles. The van der Waals surface area contributed by atoms with Gasteiger partial charge in [-0.15, -0.1) is 0 Å². The number of likely N-dealkylation sites (N-methyl/N-ethyl adjacent to an activating group) is 1. The minimum Gasteiger partial charge on any atom is -0.371 e. The van der Waals surface area contributed by atoms with Gasteiger partial charge < -0.3 is 9.80 Å². The summed E-state index contributed by atoms with van der Waals surface area (Å²) >= 11 is 3.52. The number of rotatable bonds is 2. The fourth-order valence-electron chi connectivity index (χ4n) is 2.78. The van der Waals surface area contributed by atoms with Crippen LogP contribution in [-0.2, 0) is 0 Å². The first-order valence-corrected chi connectivity index (χ1v) is 7.75. The Hall–Kier alpha value is -1.81. The predicted octanol–water partition coefficient (Wildman–Crippen LogP) is 4.24. The number of Topliss-reactive ketones (excluding diaryl/α,β-unsaturated/α-hetero) is 1. The summed E-state index contributed by atoms with van der Waals surface area (Å²) in [6.45, 7) is 3.42. The summed E-state index contributed by atoms with van der Waals surface area (Å²) in [5.41, 5.74) is 4.07. The smallest absolute Gasteiger partial charge is 0.161 e. The number of fused-ring (bicyclic) bond motifs is 1. The van der Waals surface area contributed by atoms with E-state index in [-0.39, 0.29) is 5.78 Å². The van der Waals surface area contributed by atoms with Gasteiger partial charge in [0.2, 0.25) is 0 Å². The van der Waals surface area contributed by atoms with Crippen molar-refractivity contribution in [2.45, 2.75) is 6.92 Å². The third-order valence-corrected chi connectivity index (χ3v) is 4.37. The number of nitrogens with zero attached hydrogens (tertiary/aromatic N) is 2. The maximum Gasteiger partial charge on any atom is 0.161 e. The summed E-state index contributed by atoms with van der Waals surface area (Å²) < 4.78 is 0.985. The van der Waals surface area contributed by atoms with Crippen LogP contribution in [-0.4, -0.2) is 25.9 Å². The first-order valence-electron chi connectivity index (χ1n) is 6.96. The highest BCUT2D eigenvalue weighted by Crippen LogP contribution is 2.39. The predicted molar refractivity (Wildman–Crippen MR) is 90.9 cm³/mol. The molecular formula is C17H17BrN2O. The molecule has 0 atom stereocenters. The van der Waals surface area contributed by atoms with E-state index in [0.29, 0.717) is 0 Å². The average Bonchev–Trinajstić information content (AvgIpc) is 2.47. The van der Waals surface area contributed by atoms with Crippen LogP contribution in [0.25, 0.3) is 0 Å². The second-order valence-electron chi connectivity index (χ2n) is 5.28. The van der Waals surface area contributed by atoms with E-state index in [2.05, 4.69) is 44.9 Å². The number of para-hydroxylation sites is 2. The molecule has 3 nitrogen and oxygen atoms in total. The van der Waals surface area contributed by atoms with Crippen LogP contribution in [0, 0.1) is 0 Å². The Morgan fingerprint density at radius 2 is 1.76 bits per heavy atom. The second kappa shape index (κ2) is 5.53. The van der Waals surface area contributed by atoms with Gasteiger partial charge in [-0.3, -0.25) is 4.79 Å². The van der Waals surface area contributed by atoms with Crippen molar-refractivity contribution in [3.63, 3.8) is 0 Å². The topological polar surface area (TPSA) is 23.6 Å². The Morgan fingerprint density at radius 3 is 2.48 bits per heavy atom. The fraction of sp³-hybridized carbons (Fsp3) is 0.235. The standard InChI is InChI=1S/C17H17BrN2O/c1-12(21)14-8-7-13(18)11-17(14)20-10-9-19(2)15-5-3-4-6-16(15)20/h3-8,11H,9-10H2,1-2H3. The van der Waals surface area contributed by atoms with Crippen molar-refractivity contribution in [1.29, 1.82) is 0 Å². The lowest BCUT2D eigenvalue weighted by atomic mass is 10.1. The van der Waals surface area contributed by atoms with Crippen molar-refractivity contribution in [3.8, 4) is 0 Å². The Kier molecular flexibility index (Phi) is 3.72. The summed E-state index contributed by atoms with van der Waals surface area (Å²) in [6, 6.07) is 14.1. The molecule has 0 radical (unpaired) electrons. The molecule has 0 saturated heterocycles. The Bertz CT molecular complexity index is 699. The maximum absolute atomic E-state index is 11.9. The number of hydrogen-bond acceptors (Lipinski definition) is 3. The largest absolute Gasteiger partial charge is 0.371 e. The molecule has 0 unspecified atom stereocenters. The lowest BCUT2D eigenvalue weighted by Gasteiger charge is -2.37. The van der Waals surface area contributed by atoms with E-state index in [0.717, 1.165) is 34.5 Å². The van der Waals surface area contributed by atoms with E-state index in [4.69, 9.17) is 0 Å². The maximum atomic E-state index is 11.9. The van der Waals surface area contributed by atoms with Crippen LogP contribution in [0.1, 0.15) is 17.3 Å². The molecule has 4 heteroatoms. The van der Waals surface area contributed by atoms with Crippen molar-refractivity contribution >= 4 is 38.8 Å². The van der Waals surface area contributed by atoms with Crippen molar-refractivity contribution in [3.05, 3.63) is 52.5 Å². The molecule has 0 aromatic heterocycles. The number of carbonyl (C=O) groups excluding carboxylic acids is 1. The number of benzene rings is 2. The highest BCUT2D eigenvalue weighted by molar-refractivity contribution is 9.10. The number of ketones is 1. The normalized spacial score (nSPS) is 14.0. The van der Waals surface area contributed by atoms with Crippen LogP contribution in [0.2, 0.25) is 0 Å². The van der Waals surface area contributed by atoms with Crippen LogP contribution in [0.3, 0.4) is 0 Å². The van der Waals surface area contributed by atoms with E-state index < -0.39 is 0 Å². The molecule has 0 spiro atoms. The first-order chi connectivity index (χ1) is 10.1. The molecule has 0 N–H and O–H groups in total. The summed E-state index contributed by atoms with van der Waals surface area (Å²) in [7, 11) is 2.10. The van der Waals surface area contributed by atoms with Crippen molar-refractivity contribution < 1.29 is 4.79 Å². The lowest BCUT2D eigenvalue weighted by molar-refractivity contribution is 0.101. The first kappa shape index (κ1) is 14.1. The minimum absolute atomic E-state index is 0.0916. The van der Waals surface area contributed by atoms with Crippen LogP contribution in [0.15, 0.2) is 46.9 Å². The zero-order chi connectivity index (χ0) is 15.0. The van der Waals surface area contributed by atoms with Gasteiger partial charge in [0, 0.05) is 30.2 Å². The highest BCUT2D eigenvalue weighted by Gasteiger charge is 2.23. The van der Waals surface area contributed by atoms with E-state index in [1.807, 2.05) is 30.3 Å².